The van der Waals surface area contributed by atoms with Crippen molar-refractivity contribution in [1.29, 1.82) is 0 Å². The monoisotopic (exact) mass is 223 g/mol. The highest BCUT2D eigenvalue weighted by molar-refractivity contribution is 7.13. The van der Waals surface area contributed by atoms with E-state index in [1.807, 2.05) is 18.2 Å². The van der Waals surface area contributed by atoms with Crippen molar-refractivity contribution in [3.05, 3.63) is 40.2 Å². The van der Waals surface area contributed by atoms with Gasteiger partial charge in [-0.15, -0.1) is 11.3 Å². The Labute approximate surface area is 92.1 Å². The molecule has 0 atom stereocenters. The summed E-state index contributed by atoms with van der Waals surface area (Å²) < 4.78 is 0. The molecule has 2 rings (SSSR count). The number of nitrogens with two attached hydrogens (primary N) is 1. The molecule has 0 bridgehead atoms. The van der Waals surface area contributed by atoms with Crippen LogP contribution in [0.25, 0.3) is 10.4 Å². The van der Waals surface area contributed by atoms with Gasteiger partial charge in [-0.05, 0) is 41.6 Å². The van der Waals surface area contributed by atoms with Crippen LogP contribution in [0.15, 0.2) is 29.6 Å². The van der Waals surface area contributed by atoms with Crippen LogP contribution in [0.3, 0.4) is 0 Å². The van der Waals surface area contributed by atoms with Crippen molar-refractivity contribution in [2.45, 2.75) is 6.92 Å². The highest BCUT2D eigenvalue weighted by Crippen LogP contribution is 2.32. The van der Waals surface area contributed by atoms with Gasteiger partial charge in [0.05, 0.1) is 10.7 Å². The van der Waals surface area contributed by atoms with Crippen LogP contribution in [0.5, 0.6) is 0 Å². The summed E-state index contributed by atoms with van der Waals surface area (Å²) in [6.45, 7) is 2.09. The first-order valence-electron chi connectivity index (χ1n) is 4.28. The number of nitrogen functional groups attached to an aromatic ring is 1. The molecule has 1 nitrogen and oxygen atoms in total. The molecule has 0 radical (unpaired) electrons. The van der Waals surface area contributed by atoms with Crippen molar-refractivity contribution in [3.63, 3.8) is 0 Å². The predicted molar refractivity (Wildman–Crippen MR) is 63.9 cm³/mol. The minimum Gasteiger partial charge on any atom is -0.398 e. The molecule has 2 aromatic rings. The fourth-order valence-corrected chi connectivity index (χ4v) is 2.44. The SMILES string of the molecule is Cc1ccsc1-c1ccc(N)c(Cl)c1. The Bertz CT molecular complexity index is 462. The average molecular weight is 224 g/mol. The van der Waals surface area contributed by atoms with Gasteiger partial charge < -0.3 is 5.73 Å². The number of halogens is 1. The van der Waals surface area contributed by atoms with Crippen LogP contribution in [0.2, 0.25) is 5.02 Å². The Balaban J connectivity index is 2.53. The molecule has 0 aliphatic heterocycles. The smallest absolute Gasteiger partial charge is 0.0641 e. The molecule has 3 heteroatoms. The van der Waals surface area contributed by atoms with E-state index >= 15 is 0 Å². The summed E-state index contributed by atoms with van der Waals surface area (Å²) in [5.74, 6) is 0. The number of thiophene rings is 1. The molecule has 0 saturated heterocycles. The van der Waals surface area contributed by atoms with E-state index in [1.165, 1.54) is 10.4 Å². The molecule has 1 heterocycles. The number of aryl methyl sites for hydroxylation is 1. The molecule has 1 aromatic carbocycles. The van der Waals surface area contributed by atoms with E-state index in [2.05, 4.69) is 18.4 Å². The van der Waals surface area contributed by atoms with Crippen molar-refractivity contribution in [2.75, 3.05) is 5.73 Å². The van der Waals surface area contributed by atoms with Gasteiger partial charge in [0, 0.05) is 4.88 Å². The van der Waals surface area contributed by atoms with E-state index in [0.717, 1.165) is 5.56 Å². The molecule has 0 amide bonds. The van der Waals surface area contributed by atoms with E-state index in [4.69, 9.17) is 17.3 Å². The third-order valence-corrected chi connectivity index (χ3v) is 3.52. The molecule has 0 aliphatic rings. The van der Waals surface area contributed by atoms with Gasteiger partial charge in [-0.3, -0.25) is 0 Å². The summed E-state index contributed by atoms with van der Waals surface area (Å²) in [6.07, 6.45) is 0. The van der Waals surface area contributed by atoms with Gasteiger partial charge >= 0.3 is 0 Å². The predicted octanol–water partition coefficient (Wildman–Crippen LogP) is 3.96. The van der Waals surface area contributed by atoms with E-state index < -0.39 is 0 Å². The Morgan fingerprint density at radius 2 is 2.07 bits per heavy atom. The van der Waals surface area contributed by atoms with Gasteiger partial charge in [0.25, 0.3) is 0 Å². The molecule has 0 aliphatic carbocycles. The van der Waals surface area contributed by atoms with Crippen molar-refractivity contribution in [3.8, 4) is 10.4 Å². The Morgan fingerprint density at radius 1 is 1.29 bits per heavy atom. The molecule has 72 valence electrons. The summed E-state index contributed by atoms with van der Waals surface area (Å²) in [4.78, 5) is 1.26. The van der Waals surface area contributed by atoms with E-state index in [1.54, 1.807) is 11.3 Å². The fourth-order valence-electron chi connectivity index (χ4n) is 1.34. The first-order valence-corrected chi connectivity index (χ1v) is 5.54. The zero-order valence-corrected chi connectivity index (χ0v) is 9.32. The van der Waals surface area contributed by atoms with E-state index in [0.29, 0.717) is 10.7 Å². The largest absolute Gasteiger partial charge is 0.398 e. The molecular formula is C11H10ClNS. The molecule has 14 heavy (non-hydrogen) atoms. The lowest BCUT2D eigenvalue weighted by molar-refractivity contribution is 1.54. The Hall–Kier alpha value is -0.990. The van der Waals surface area contributed by atoms with Crippen LogP contribution < -0.4 is 5.73 Å². The highest BCUT2D eigenvalue weighted by atomic mass is 35.5. The number of hydrogen-bond donors (Lipinski definition) is 1. The second kappa shape index (κ2) is 3.64. The maximum Gasteiger partial charge on any atom is 0.0641 e. The Morgan fingerprint density at radius 3 is 2.64 bits per heavy atom. The van der Waals surface area contributed by atoms with Crippen LogP contribution >= 0.6 is 22.9 Å². The van der Waals surface area contributed by atoms with Gasteiger partial charge in [-0.2, -0.15) is 0 Å². The lowest BCUT2D eigenvalue weighted by Gasteiger charge is -2.02. The third-order valence-electron chi connectivity index (χ3n) is 2.12. The summed E-state index contributed by atoms with van der Waals surface area (Å²) in [6, 6.07) is 7.86. The minimum atomic E-state index is 0.621. The first kappa shape index (κ1) is 9.56. The summed E-state index contributed by atoms with van der Waals surface area (Å²) >= 11 is 7.68. The van der Waals surface area contributed by atoms with Crippen LogP contribution in [-0.2, 0) is 0 Å². The molecule has 2 N–H and O–H groups in total. The van der Waals surface area contributed by atoms with Crippen molar-refractivity contribution in [1.82, 2.24) is 0 Å². The maximum atomic E-state index is 5.96. The normalized spacial score (nSPS) is 10.4. The molecule has 0 unspecified atom stereocenters. The standard InChI is InChI=1S/C11H10ClNS/c1-7-4-5-14-11(7)8-2-3-10(13)9(12)6-8/h2-6H,13H2,1H3. The van der Waals surface area contributed by atoms with E-state index in [9.17, 15) is 0 Å². The third kappa shape index (κ3) is 1.63. The molecule has 0 saturated carbocycles. The molecule has 0 fully saturated rings. The number of rotatable bonds is 1. The van der Waals surface area contributed by atoms with Gasteiger partial charge in [0.1, 0.15) is 0 Å². The van der Waals surface area contributed by atoms with Crippen molar-refractivity contribution >= 4 is 28.6 Å². The number of anilines is 1. The second-order valence-electron chi connectivity index (χ2n) is 3.17. The first-order chi connectivity index (χ1) is 6.68. The van der Waals surface area contributed by atoms with Crippen molar-refractivity contribution in [2.24, 2.45) is 0 Å². The van der Waals surface area contributed by atoms with Gasteiger partial charge in [-0.25, -0.2) is 0 Å². The van der Waals surface area contributed by atoms with Gasteiger partial charge in [0.2, 0.25) is 0 Å². The zero-order chi connectivity index (χ0) is 10.1. The number of hydrogen-bond acceptors (Lipinski definition) is 2. The lowest BCUT2D eigenvalue weighted by atomic mass is 10.1. The quantitative estimate of drug-likeness (QED) is 0.728. The van der Waals surface area contributed by atoms with Crippen molar-refractivity contribution < 1.29 is 0 Å². The topological polar surface area (TPSA) is 26.0 Å². The second-order valence-corrected chi connectivity index (χ2v) is 4.49. The van der Waals surface area contributed by atoms with Crippen LogP contribution in [-0.4, -0.2) is 0 Å². The lowest BCUT2D eigenvalue weighted by Crippen LogP contribution is -1.86. The molecular weight excluding hydrogens is 214 g/mol. The van der Waals surface area contributed by atoms with Crippen LogP contribution in [0.4, 0.5) is 5.69 Å². The Kier molecular flexibility index (Phi) is 2.48. The molecule has 0 spiro atoms. The minimum absolute atomic E-state index is 0.621. The van der Waals surface area contributed by atoms with Gasteiger partial charge in [0.15, 0.2) is 0 Å². The van der Waals surface area contributed by atoms with Crippen LogP contribution in [0, 0.1) is 6.92 Å². The average Bonchev–Trinajstić information content (AvgIpc) is 2.57. The maximum absolute atomic E-state index is 5.96. The van der Waals surface area contributed by atoms with E-state index in [-0.39, 0.29) is 0 Å². The zero-order valence-electron chi connectivity index (χ0n) is 7.75. The highest BCUT2D eigenvalue weighted by Gasteiger charge is 2.04. The number of benzene rings is 1. The summed E-state index contributed by atoms with van der Waals surface area (Å²) in [5, 5.41) is 2.70. The fraction of sp³-hybridized carbons (Fsp3) is 0.0909. The van der Waals surface area contributed by atoms with Crippen LogP contribution in [0.1, 0.15) is 5.56 Å². The summed E-state index contributed by atoms with van der Waals surface area (Å²) in [5.41, 5.74) is 8.69. The van der Waals surface area contributed by atoms with Gasteiger partial charge in [-0.1, -0.05) is 17.7 Å². The summed E-state index contributed by atoms with van der Waals surface area (Å²) in [7, 11) is 0. The molecule has 1 aromatic heterocycles.